The smallest absolute Gasteiger partial charge is 1.00 e. The summed E-state index contributed by atoms with van der Waals surface area (Å²) in [6.07, 6.45) is 20.3. The zero-order valence-electron chi connectivity index (χ0n) is 64.4. The first kappa shape index (κ1) is 99.2. The number of amides is 1. The molecule has 1 fully saturated rings. The largest absolute Gasteiger partial charge is 1.00 e. The van der Waals surface area contributed by atoms with E-state index in [0.29, 0.717) is 61.2 Å². The second-order valence-electron chi connectivity index (χ2n) is 28.7. The first-order valence-corrected chi connectivity index (χ1v) is 38.3. The van der Waals surface area contributed by atoms with Crippen molar-refractivity contribution < 1.29 is 100 Å². The zero-order valence-corrected chi connectivity index (χ0v) is 68.8. The van der Waals surface area contributed by atoms with Gasteiger partial charge in [0.2, 0.25) is 5.91 Å². The quantitative estimate of drug-likeness (QED) is 0.0170. The molecule has 1 amide bonds. The number of hydrogen-bond acceptors (Lipinski definition) is 9. The number of nitrogens with zero attached hydrogens (tertiary/aromatic N) is 4. The molecule has 14 nitrogen and oxygen atoms in total. The van der Waals surface area contributed by atoms with E-state index in [9.17, 15) is 35.5 Å². The van der Waals surface area contributed by atoms with E-state index in [1.54, 1.807) is 6.92 Å². The molecule has 1 aliphatic heterocycles. The molecule has 1 saturated heterocycles. The van der Waals surface area contributed by atoms with Crippen LogP contribution in [0.1, 0.15) is 269 Å². The number of likely N-dealkylation sites (N-methyl/N-ethyl adjacent to an activating group) is 1. The number of hydrogen-bond donors (Lipinski definition) is 1. The van der Waals surface area contributed by atoms with Crippen LogP contribution in [0.25, 0.3) is 0 Å². The number of carbonyl (C=O) groups is 2. The van der Waals surface area contributed by atoms with Crippen molar-refractivity contribution in [3.05, 3.63) is 95.6 Å². The Hall–Kier alpha value is -2.51. The molecule has 1 N–H and O–H groups in total. The number of rotatable bonds is 30. The minimum absolute atomic E-state index is 0. The molecule has 2 aromatic heterocycles. The van der Waals surface area contributed by atoms with Gasteiger partial charge in [0.15, 0.2) is 23.8 Å². The average molecular weight is 1380 g/mol. The fourth-order valence-electron chi connectivity index (χ4n) is 9.88. The molecule has 6 unspecified atom stereocenters. The number of nitrogens with one attached hydrogen (secondary N) is 1. The Morgan fingerprint density at radius 1 is 0.634 bits per heavy atom. The molecule has 0 spiro atoms. The van der Waals surface area contributed by atoms with Crippen LogP contribution in [0.15, 0.2) is 73.1 Å². The van der Waals surface area contributed by atoms with Crippen molar-refractivity contribution >= 4 is 32.1 Å². The van der Waals surface area contributed by atoms with Gasteiger partial charge < -0.3 is 40.5 Å². The van der Waals surface area contributed by atoms with Crippen molar-refractivity contribution in [3.63, 3.8) is 0 Å². The Balaban J connectivity index is -0.000000329. The SMILES string of the molecule is CCC(C)(C)C(=O)OCC[N+](C)(C)CCCS(=O)(=O)[O-].CCC(C)C.CCC(C)C(=O)NC(C)(C)CS(=O)(=O)[O-].CCC(C)c1ccc(C)cc1.CCC1C[N+](C)(C)CC1CC.CCCCC[n+]1ccccc1C(C)CC.CCCC[n+]1ccccc1C(C)CC.[Cl-].[Na+]. The topological polar surface area (TPSA) is 178 Å². The maximum absolute atomic E-state index is 11.8. The van der Waals surface area contributed by atoms with Crippen LogP contribution < -0.4 is 56.4 Å². The fourth-order valence-corrected chi connectivity index (χ4v) is 11.3. The average Bonchev–Trinajstić information content (AvgIpc) is 1.83. The van der Waals surface area contributed by atoms with Crippen molar-refractivity contribution in [3.8, 4) is 0 Å². The molecule has 18 heteroatoms. The molecule has 0 bridgehead atoms. The summed E-state index contributed by atoms with van der Waals surface area (Å²) in [7, 11) is 0.0715. The van der Waals surface area contributed by atoms with Gasteiger partial charge in [0, 0.05) is 84.4 Å². The summed E-state index contributed by atoms with van der Waals surface area (Å²) in [5.41, 5.74) is 4.27. The van der Waals surface area contributed by atoms with Crippen LogP contribution in [0.2, 0.25) is 0 Å². The van der Waals surface area contributed by atoms with Crippen LogP contribution in [-0.2, 0) is 47.7 Å². The third kappa shape index (κ3) is 49.6. The Kier molecular flexibility index (Phi) is 56.0. The third-order valence-corrected chi connectivity index (χ3v) is 19.6. The maximum Gasteiger partial charge on any atom is 1.00 e. The molecule has 3 aromatic rings. The van der Waals surface area contributed by atoms with Crippen molar-refractivity contribution in [1.82, 2.24) is 5.32 Å². The number of pyridine rings is 2. The monoisotopic (exact) mass is 1380 g/mol. The Morgan fingerprint density at radius 2 is 1.08 bits per heavy atom. The van der Waals surface area contributed by atoms with Crippen molar-refractivity contribution in [2.45, 2.75) is 272 Å². The Morgan fingerprint density at radius 3 is 1.44 bits per heavy atom. The molecular formula is C75H141ClN5NaO9S2+2. The van der Waals surface area contributed by atoms with Crippen LogP contribution in [0.4, 0.5) is 0 Å². The predicted molar refractivity (Wildman–Crippen MR) is 382 cm³/mol. The molecule has 0 saturated carbocycles. The van der Waals surface area contributed by atoms with Gasteiger partial charge in [-0.1, -0.05) is 172 Å². The maximum atomic E-state index is 11.8. The number of aryl methyl sites for hydroxylation is 3. The molecule has 1 aromatic carbocycles. The van der Waals surface area contributed by atoms with Gasteiger partial charge in [0.05, 0.1) is 79.2 Å². The minimum atomic E-state index is -4.32. The first-order valence-electron chi connectivity index (χ1n) is 35.2. The predicted octanol–water partition coefficient (Wildman–Crippen LogP) is 10.1. The van der Waals surface area contributed by atoms with Crippen LogP contribution in [-0.4, -0.2) is 125 Å². The molecule has 0 aliphatic carbocycles. The molecule has 6 atom stereocenters. The van der Waals surface area contributed by atoms with E-state index in [2.05, 4.69) is 199 Å². The fraction of sp³-hybridized carbons (Fsp3) is 0.760. The van der Waals surface area contributed by atoms with Gasteiger partial charge in [-0.2, -0.15) is 0 Å². The molecule has 3 heterocycles. The molecule has 4 rings (SSSR count). The van der Waals surface area contributed by atoms with Crippen LogP contribution in [0.5, 0.6) is 0 Å². The summed E-state index contributed by atoms with van der Waals surface area (Å²) in [6.45, 7) is 50.4. The Bertz CT molecular complexity index is 2590. The van der Waals surface area contributed by atoms with E-state index in [0.717, 1.165) is 24.3 Å². The number of quaternary nitrogens is 2. The van der Waals surface area contributed by atoms with E-state index < -0.39 is 36.9 Å². The van der Waals surface area contributed by atoms with Crippen molar-refractivity contribution in [2.24, 2.45) is 29.1 Å². The summed E-state index contributed by atoms with van der Waals surface area (Å²) in [5, 5.41) is 2.55. The van der Waals surface area contributed by atoms with Gasteiger partial charge in [0.1, 0.15) is 26.2 Å². The van der Waals surface area contributed by atoms with Gasteiger partial charge >= 0.3 is 35.5 Å². The zero-order chi connectivity index (χ0) is 70.8. The molecule has 0 radical (unpaired) electrons. The number of carbonyl (C=O) groups excluding carboxylic acids is 2. The van der Waals surface area contributed by atoms with Gasteiger partial charge in [-0.15, -0.1) is 0 Å². The van der Waals surface area contributed by atoms with Gasteiger partial charge in [0.25, 0.3) is 0 Å². The summed E-state index contributed by atoms with van der Waals surface area (Å²) in [6, 6.07) is 21.9. The van der Waals surface area contributed by atoms with E-state index >= 15 is 0 Å². The number of likely N-dealkylation sites (tertiary alicyclic amines) is 1. The van der Waals surface area contributed by atoms with E-state index in [-0.39, 0.29) is 65.5 Å². The number of halogens is 1. The molecule has 1 aliphatic rings. The van der Waals surface area contributed by atoms with Crippen molar-refractivity contribution in [1.29, 1.82) is 0 Å². The number of ether oxygens (including phenoxy) is 1. The van der Waals surface area contributed by atoms with E-state index in [1.165, 1.54) is 131 Å². The number of esters is 1. The molecule has 93 heavy (non-hydrogen) atoms. The molecular weight excluding hydrogens is 1240 g/mol. The normalized spacial score (nSPS) is 15.5. The van der Waals surface area contributed by atoms with Crippen LogP contribution in [0.3, 0.4) is 0 Å². The summed E-state index contributed by atoms with van der Waals surface area (Å²) in [4.78, 5) is 23.2. The Labute approximate surface area is 602 Å². The summed E-state index contributed by atoms with van der Waals surface area (Å²) >= 11 is 0. The van der Waals surface area contributed by atoms with Crippen LogP contribution >= 0.6 is 0 Å². The van der Waals surface area contributed by atoms with Gasteiger partial charge in [-0.05, 0) is 103 Å². The third-order valence-electron chi connectivity index (χ3n) is 17.8. The second-order valence-corrected chi connectivity index (χ2v) is 31.7. The number of unbranched alkanes of at least 4 members (excludes halogenated alkanes) is 3. The standard InChI is InChI=1S/C14H24N.C13H27NO5S.C13H22N.C11H16.C10H22N.C9H19NO4S.C5H12.ClH.Na/c1-4-6-8-11-15-12-9-7-10-14(15)13(3)5-2;1-6-13(2,3)12(15)19-10-9-14(4,5)8-7-11-20(16,17)18;1-4-6-10-14-11-8-7-9-13(14)12(3)5-2;1-4-10(3)11-7-5-9(2)6-8-11;1-5-9-7-11(3,4)8-10(9)6-2;1-5-7(2)8(11)10-9(3,4)6-15(12,13)14;1-4-5(2)3;;/h7,9-10,12-13H,4-6,8,11H2,1-3H3;6-11H2,1-5H3;7-9,11-12H,4-6,10H2,1-3H3;5-8,10H,4H2,1-3H3;9-10H,5-8H2,1-4H3;7H,5-6H2,1-4H3,(H,10,11)(H,12,13,14);5H,4H2,1-3H3;1H;/q+1;;+1;;+1;;;;+1/p-2. The van der Waals surface area contributed by atoms with E-state index in [4.69, 9.17) is 4.74 Å². The number of benzene rings is 1. The van der Waals surface area contributed by atoms with E-state index in [1.807, 2.05) is 41.8 Å². The summed E-state index contributed by atoms with van der Waals surface area (Å²) < 4.78 is 75.1. The van der Waals surface area contributed by atoms with Crippen LogP contribution in [0, 0.1) is 36.0 Å². The summed E-state index contributed by atoms with van der Waals surface area (Å²) in [5.74, 6) is 3.35. The number of aromatic nitrogens is 2. The van der Waals surface area contributed by atoms with Gasteiger partial charge in [-0.3, -0.25) is 9.59 Å². The first-order chi connectivity index (χ1) is 42.1. The molecule has 538 valence electrons. The van der Waals surface area contributed by atoms with Gasteiger partial charge in [-0.25, -0.2) is 26.0 Å². The van der Waals surface area contributed by atoms with Crippen molar-refractivity contribution in [2.75, 3.05) is 72.5 Å². The second kappa shape index (κ2) is 52.5. The minimum Gasteiger partial charge on any atom is -1.00 e.